The van der Waals surface area contributed by atoms with Gasteiger partial charge in [-0.3, -0.25) is 0 Å². The third-order valence-electron chi connectivity index (χ3n) is 4.26. The van der Waals surface area contributed by atoms with Crippen molar-refractivity contribution < 1.29 is 0 Å². The van der Waals surface area contributed by atoms with Crippen LogP contribution in [0, 0.1) is 6.92 Å². The largest absolute Gasteiger partial charge is 0.372 e. The van der Waals surface area contributed by atoms with Crippen LogP contribution in [0.3, 0.4) is 0 Å². The standard InChI is InChI=1S/C21H25N5/c1-4-26(5-2)19-12-10-18(11-13-19)25-21-14-20(22-15-23-21)24-17-8-6-16(3)7-9-17/h6-15H,4-5H2,1-3H3,(H2,22,23,24,25). The molecule has 134 valence electrons. The molecule has 1 aromatic heterocycles. The number of benzene rings is 2. The van der Waals surface area contributed by atoms with Gasteiger partial charge in [-0.05, 0) is 57.2 Å². The lowest BCUT2D eigenvalue weighted by Crippen LogP contribution is -2.21. The van der Waals surface area contributed by atoms with Crippen molar-refractivity contribution in [2.24, 2.45) is 0 Å². The maximum atomic E-state index is 4.31. The van der Waals surface area contributed by atoms with E-state index in [0.29, 0.717) is 0 Å². The first kappa shape index (κ1) is 17.7. The van der Waals surface area contributed by atoms with Crippen LogP contribution >= 0.6 is 0 Å². The van der Waals surface area contributed by atoms with Gasteiger partial charge in [0.15, 0.2) is 0 Å². The Kier molecular flexibility index (Phi) is 5.69. The second-order valence-corrected chi connectivity index (χ2v) is 6.12. The number of rotatable bonds is 7. The van der Waals surface area contributed by atoms with Gasteiger partial charge >= 0.3 is 0 Å². The molecule has 0 aliphatic heterocycles. The highest BCUT2D eigenvalue weighted by Gasteiger charge is 2.03. The van der Waals surface area contributed by atoms with Crippen LogP contribution < -0.4 is 15.5 Å². The lowest BCUT2D eigenvalue weighted by Gasteiger charge is -2.21. The smallest absolute Gasteiger partial charge is 0.135 e. The first-order valence-corrected chi connectivity index (χ1v) is 8.95. The van der Waals surface area contributed by atoms with Crippen molar-refractivity contribution in [1.29, 1.82) is 0 Å². The second kappa shape index (κ2) is 8.34. The number of hydrogen-bond acceptors (Lipinski definition) is 5. The van der Waals surface area contributed by atoms with Crippen LogP contribution in [0.4, 0.5) is 28.7 Å². The predicted molar refractivity (Wildman–Crippen MR) is 110 cm³/mol. The topological polar surface area (TPSA) is 53.1 Å². The van der Waals surface area contributed by atoms with E-state index >= 15 is 0 Å². The average Bonchev–Trinajstić information content (AvgIpc) is 2.66. The summed E-state index contributed by atoms with van der Waals surface area (Å²) in [6.45, 7) is 8.41. The molecule has 0 amide bonds. The average molecular weight is 347 g/mol. The zero-order valence-electron chi connectivity index (χ0n) is 15.5. The lowest BCUT2D eigenvalue weighted by molar-refractivity contribution is 0.866. The molecule has 0 radical (unpaired) electrons. The van der Waals surface area contributed by atoms with Crippen LogP contribution in [0.15, 0.2) is 60.9 Å². The number of nitrogens with zero attached hydrogens (tertiary/aromatic N) is 3. The lowest BCUT2D eigenvalue weighted by atomic mass is 10.2. The SMILES string of the molecule is CCN(CC)c1ccc(Nc2cc(Nc3ccc(C)cc3)ncn2)cc1. The predicted octanol–water partition coefficient (Wildman–Crippen LogP) is 5.12. The van der Waals surface area contributed by atoms with Gasteiger partial charge in [0.25, 0.3) is 0 Å². The molecule has 26 heavy (non-hydrogen) atoms. The molecule has 0 saturated heterocycles. The van der Waals surface area contributed by atoms with E-state index < -0.39 is 0 Å². The molecule has 0 fully saturated rings. The fourth-order valence-electron chi connectivity index (χ4n) is 2.77. The van der Waals surface area contributed by atoms with Gasteiger partial charge in [-0.1, -0.05) is 17.7 Å². The van der Waals surface area contributed by atoms with Gasteiger partial charge in [0.05, 0.1) is 0 Å². The Morgan fingerprint density at radius 3 is 1.77 bits per heavy atom. The molecule has 2 aromatic carbocycles. The zero-order chi connectivity index (χ0) is 18.4. The minimum atomic E-state index is 0.755. The fraction of sp³-hybridized carbons (Fsp3) is 0.238. The number of aryl methyl sites for hydroxylation is 1. The molecule has 5 heteroatoms. The summed E-state index contributed by atoms with van der Waals surface area (Å²) < 4.78 is 0. The van der Waals surface area contributed by atoms with Crippen molar-refractivity contribution in [2.45, 2.75) is 20.8 Å². The normalized spacial score (nSPS) is 10.4. The van der Waals surface area contributed by atoms with E-state index in [1.807, 2.05) is 18.2 Å². The van der Waals surface area contributed by atoms with Gasteiger partial charge in [0, 0.05) is 36.2 Å². The third-order valence-corrected chi connectivity index (χ3v) is 4.26. The Hall–Kier alpha value is -3.08. The van der Waals surface area contributed by atoms with E-state index in [1.165, 1.54) is 11.3 Å². The molecule has 1 heterocycles. The Bertz CT molecular complexity index is 824. The van der Waals surface area contributed by atoms with Crippen LogP contribution in [-0.2, 0) is 0 Å². The van der Waals surface area contributed by atoms with Crippen LogP contribution in [0.25, 0.3) is 0 Å². The summed E-state index contributed by atoms with van der Waals surface area (Å²) in [5.41, 5.74) is 4.46. The van der Waals surface area contributed by atoms with Gasteiger partial charge in [0.2, 0.25) is 0 Å². The van der Waals surface area contributed by atoms with Crippen molar-refractivity contribution in [2.75, 3.05) is 28.6 Å². The molecule has 3 rings (SSSR count). The van der Waals surface area contributed by atoms with Gasteiger partial charge in [-0.15, -0.1) is 0 Å². The minimum Gasteiger partial charge on any atom is -0.372 e. The van der Waals surface area contributed by atoms with E-state index in [9.17, 15) is 0 Å². The molecule has 0 unspecified atom stereocenters. The highest BCUT2D eigenvalue weighted by Crippen LogP contribution is 2.22. The number of hydrogen-bond donors (Lipinski definition) is 2. The van der Waals surface area contributed by atoms with Gasteiger partial charge in [-0.25, -0.2) is 9.97 Å². The van der Waals surface area contributed by atoms with E-state index in [1.54, 1.807) is 6.33 Å². The Labute approximate surface area is 155 Å². The molecule has 0 aliphatic rings. The van der Waals surface area contributed by atoms with Gasteiger partial charge in [-0.2, -0.15) is 0 Å². The van der Waals surface area contributed by atoms with Crippen molar-refractivity contribution in [3.63, 3.8) is 0 Å². The molecule has 3 aromatic rings. The molecule has 0 spiro atoms. The summed E-state index contributed by atoms with van der Waals surface area (Å²) >= 11 is 0. The summed E-state index contributed by atoms with van der Waals surface area (Å²) in [7, 11) is 0. The third kappa shape index (κ3) is 4.51. The van der Waals surface area contributed by atoms with E-state index in [-0.39, 0.29) is 0 Å². The Balaban J connectivity index is 1.69. The first-order chi connectivity index (χ1) is 12.7. The van der Waals surface area contributed by atoms with Crippen LogP contribution in [0.5, 0.6) is 0 Å². The molecule has 5 nitrogen and oxygen atoms in total. The van der Waals surface area contributed by atoms with Crippen molar-refractivity contribution >= 4 is 28.7 Å². The number of nitrogens with one attached hydrogen (secondary N) is 2. The minimum absolute atomic E-state index is 0.755. The summed E-state index contributed by atoms with van der Waals surface area (Å²) in [5, 5.41) is 6.63. The van der Waals surface area contributed by atoms with Crippen molar-refractivity contribution in [1.82, 2.24) is 9.97 Å². The highest BCUT2D eigenvalue weighted by atomic mass is 15.1. The molecule has 2 N–H and O–H groups in total. The summed E-state index contributed by atoms with van der Waals surface area (Å²) in [6, 6.07) is 18.5. The molecule has 0 saturated carbocycles. The van der Waals surface area contributed by atoms with E-state index in [0.717, 1.165) is 36.1 Å². The fourth-order valence-corrected chi connectivity index (χ4v) is 2.77. The maximum absolute atomic E-state index is 4.31. The summed E-state index contributed by atoms with van der Waals surface area (Å²) in [6.07, 6.45) is 1.56. The Morgan fingerprint density at radius 2 is 1.27 bits per heavy atom. The van der Waals surface area contributed by atoms with Crippen LogP contribution in [-0.4, -0.2) is 23.1 Å². The first-order valence-electron chi connectivity index (χ1n) is 8.95. The van der Waals surface area contributed by atoms with Gasteiger partial charge in [0.1, 0.15) is 18.0 Å². The van der Waals surface area contributed by atoms with Crippen molar-refractivity contribution in [3.8, 4) is 0 Å². The molecular formula is C21H25N5. The molecule has 0 bridgehead atoms. The zero-order valence-corrected chi connectivity index (χ0v) is 15.5. The second-order valence-electron chi connectivity index (χ2n) is 6.12. The van der Waals surface area contributed by atoms with Crippen LogP contribution in [0.2, 0.25) is 0 Å². The summed E-state index contributed by atoms with van der Waals surface area (Å²) in [4.78, 5) is 10.9. The maximum Gasteiger partial charge on any atom is 0.135 e. The quantitative estimate of drug-likeness (QED) is 0.621. The van der Waals surface area contributed by atoms with E-state index in [4.69, 9.17) is 0 Å². The van der Waals surface area contributed by atoms with E-state index in [2.05, 4.69) is 82.7 Å². The van der Waals surface area contributed by atoms with Gasteiger partial charge < -0.3 is 15.5 Å². The monoisotopic (exact) mass is 347 g/mol. The number of aromatic nitrogens is 2. The molecular weight excluding hydrogens is 322 g/mol. The van der Waals surface area contributed by atoms with Crippen molar-refractivity contribution in [3.05, 3.63) is 66.5 Å². The molecule has 0 atom stereocenters. The highest BCUT2D eigenvalue weighted by molar-refractivity contribution is 5.64. The Morgan fingerprint density at radius 1 is 0.769 bits per heavy atom. The summed E-state index contributed by atoms with van der Waals surface area (Å²) in [5.74, 6) is 1.51. The van der Waals surface area contributed by atoms with Crippen LogP contribution in [0.1, 0.15) is 19.4 Å². The number of anilines is 5. The molecule has 0 aliphatic carbocycles.